The second-order valence-electron chi connectivity index (χ2n) is 5.71. The first kappa shape index (κ1) is 19.8. The minimum atomic E-state index is -1.16. The number of hydrogen-bond acceptors (Lipinski definition) is 7. The van der Waals surface area contributed by atoms with Crippen LogP contribution in [0.1, 0.15) is 16.9 Å². The molecule has 1 aromatic carbocycles. The maximum absolute atomic E-state index is 12.7. The average Bonchev–Trinajstić information content (AvgIpc) is 3.27. The number of hydrogen-bond donors (Lipinski definition) is 1. The van der Waals surface area contributed by atoms with Crippen molar-refractivity contribution in [3.63, 3.8) is 0 Å². The molecule has 0 radical (unpaired) electrons. The Kier molecular flexibility index (Phi) is 5.96. The maximum atomic E-state index is 12.7. The Labute approximate surface area is 169 Å². The minimum Gasteiger partial charge on any atom is -0.469 e. The highest BCUT2D eigenvalue weighted by Crippen LogP contribution is 2.29. The van der Waals surface area contributed by atoms with Gasteiger partial charge < -0.3 is 14.8 Å². The number of nitrogens with one attached hydrogen (secondary N) is 1. The summed E-state index contributed by atoms with van der Waals surface area (Å²) in [6, 6.07) is 6.09. The van der Waals surface area contributed by atoms with Gasteiger partial charge >= 0.3 is 11.9 Å². The van der Waals surface area contributed by atoms with Gasteiger partial charge in [0.2, 0.25) is 0 Å². The fraction of sp³-hybridized carbons (Fsp3) is 0.222. The largest absolute Gasteiger partial charge is 0.469 e. The van der Waals surface area contributed by atoms with Gasteiger partial charge in [-0.1, -0.05) is 29.8 Å². The number of rotatable bonds is 6. The van der Waals surface area contributed by atoms with Crippen LogP contribution in [0.4, 0.5) is 0 Å². The molecular weight excluding hydrogens is 406 g/mol. The topological polar surface area (TPSA) is 99.0 Å². The van der Waals surface area contributed by atoms with E-state index in [0.29, 0.717) is 15.7 Å². The number of halogens is 1. The molecule has 0 saturated heterocycles. The van der Waals surface area contributed by atoms with E-state index in [4.69, 9.17) is 11.6 Å². The number of aromatic nitrogens is 2. The van der Waals surface area contributed by atoms with Crippen LogP contribution in [0.25, 0.3) is 16.2 Å². The Morgan fingerprint density at radius 3 is 2.68 bits per heavy atom. The molecule has 3 rings (SSSR count). The number of imidazole rings is 1. The van der Waals surface area contributed by atoms with Crippen molar-refractivity contribution in [2.45, 2.75) is 12.5 Å². The van der Waals surface area contributed by atoms with Crippen LogP contribution in [-0.4, -0.2) is 47.5 Å². The van der Waals surface area contributed by atoms with Gasteiger partial charge in [-0.2, -0.15) is 0 Å². The zero-order valence-electron chi connectivity index (χ0n) is 15.0. The third kappa shape index (κ3) is 4.00. The molecule has 1 amide bonds. The first-order valence-electron chi connectivity index (χ1n) is 8.11. The van der Waals surface area contributed by atoms with Crippen LogP contribution in [0.3, 0.4) is 0 Å². The van der Waals surface area contributed by atoms with Crippen molar-refractivity contribution >= 4 is 45.7 Å². The Balaban J connectivity index is 1.88. The van der Waals surface area contributed by atoms with Crippen molar-refractivity contribution < 1.29 is 23.9 Å². The number of thiazole rings is 1. The van der Waals surface area contributed by atoms with Gasteiger partial charge in [0.1, 0.15) is 11.7 Å². The maximum Gasteiger partial charge on any atom is 0.328 e. The normalized spacial score (nSPS) is 11.8. The van der Waals surface area contributed by atoms with E-state index in [2.05, 4.69) is 19.8 Å². The van der Waals surface area contributed by atoms with Crippen molar-refractivity contribution in [3.05, 3.63) is 46.6 Å². The summed E-state index contributed by atoms with van der Waals surface area (Å²) in [7, 11) is 2.37. The first-order chi connectivity index (χ1) is 13.4. The Hall–Kier alpha value is -2.91. The van der Waals surface area contributed by atoms with Gasteiger partial charge in [0.15, 0.2) is 4.96 Å². The lowest BCUT2D eigenvalue weighted by Gasteiger charge is -2.15. The van der Waals surface area contributed by atoms with Crippen LogP contribution >= 0.6 is 22.9 Å². The quantitative estimate of drug-likeness (QED) is 0.614. The Bertz CT molecular complexity index is 1040. The summed E-state index contributed by atoms with van der Waals surface area (Å²) in [6.45, 7) is 0. The highest BCUT2D eigenvalue weighted by molar-refractivity contribution is 7.15. The molecule has 0 aliphatic carbocycles. The first-order valence-corrected chi connectivity index (χ1v) is 9.37. The number of methoxy groups -OCH3 is 2. The van der Waals surface area contributed by atoms with Crippen LogP contribution in [0.5, 0.6) is 0 Å². The van der Waals surface area contributed by atoms with Crippen LogP contribution < -0.4 is 5.32 Å². The number of ether oxygens (including phenoxy) is 2. The molecule has 3 aromatic rings. The van der Waals surface area contributed by atoms with E-state index in [1.165, 1.54) is 25.6 Å². The van der Waals surface area contributed by atoms with Gasteiger partial charge in [-0.05, 0) is 6.07 Å². The van der Waals surface area contributed by atoms with Crippen molar-refractivity contribution in [1.29, 1.82) is 0 Å². The number of amides is 1. The molecule has 1 N–H and O–H groups in total. The molecular formula is C18H16ClN3O5S. The van der Waals surface area contributed by atoms with Gasteiger partial charge in [-0.3, -0.25) is 14.0 Å². The Morgan fingerprint density at radius 2 is 2.00 bits per heavy atom. The summed E-state index contributed by atoms with van der Waals surface area (Å²) < 4.78 is 10.8. The molecule has 8 nitrogen and oxygen atoms in total. The van der Waals surface area contributed by atoms with E-state index in [0.717, 1.165) is 5.56 Å². The highest BCUT2D eigenvalue weighted by atomic mass is 35.5. The van der Waals surface area contributed by atoms with E-state index in [9.17, 15) is 14.4 Å². The van der Waals surface area contributed by atoms with E-state index < -0.39 is 23.9 Å². The fourth-order valence-electron chi connectivity index (χ4n) is 2.56. The molecule has 2 aromatic heterocycles. The second-order valence-corrected chi connectivity index (χ2v) is 6.95. The predicted molar refractivity (Wildman–Crippen MR) is 103 cm³/mol. The van der Waals surface area contributed by atoms with Crippen LogP contribution in [0.15, 0.2) is 35.8 Å². The van der Waals surface area contributed by atoms with Gasteiger partial charge in [0.25, 0.3) is 5.91 Å². The van der Waals surface area contributed by atoms with E-state index in [1.807, 2.05) is 18.2 Å². The SMILES string of the molecule is COC(=O)C[C@@H](NC(=O)c1csc2nc(-c3ccccc3Cl)cn12)C(=O)OC. The third-order valence-corrected chi connectivity index (χ3v) is 5.15. The lowest BCUT2D eigenvalue weighted by atomic mass is 10.2. The van der Waals surface area contributed by atoms with Crippen molar-refractivity contribution in [2.75, 3.05) is 14.2 Å². The van der Waals surface area contributed by atoms with Gasteiger partial charge in [0.05, 0.1) is 31.4 Å². The highest BCUT2D eigenvalue weighted by Gasteiger charge is 2.27. The molecule has 0 unspecified atom stereocenters. The molecule has 2 heterocycles. The molecule has 0 saturated carbocycles. The van der Waals surface area contributed by atoms with Gasteiger partial charge in [-0.15, -0.1) is 11.3 Å². The van der Waals surface area contributed by atoms with Crippen LogP contribution in [0, 0.1) is 0 Å². The zero-order chi connectivity index (χ0) is 20.3. The van der Waals surface area contributed by atoms with E-state index in [-0.39, 0.29) is 12.1 Å². The summed E-state index contributed by atoms with van der Waals surface area (Å²) >= 11 is 7.48. The summed E-state index contributed by atoms with van der Waals surface area (Å²) in [5.41, 5.74) is 1.62. The summed E-state index contributed by atoms with van der Waals surface area (Å²) in [6.07, 6.45) is 1.35. The van der Waals surface area contributed by atoms with E-state index in [1.54, 1.807) is 22.0 Å². The summed E-state index contributed by atoms with van der Waals surface area (Å²) in [5.74, 6) is -1.93. The van der Waals surface area contributed by atoms with E-state index >= 15 is 0 Å². The number of carbonyl (C=O) groups excluding carboxylic acids is 3. The van der Waals surface area contributed by atoms with Crippen molar-refractivity contribution in [1.82, 2.24) is 14.7 Å². The average molecular weight is 422 g/mol. The van der Waals surface area contributed by atoms with Crippen molar-refractivity contribution in [2.24, 2.45) is 0 Å². The van der Waals surface area contributed by atoms with Crippen LogP contribution in [-0.2, 0) is 19.1 Å². The summed E-state index contributed by atoms with van der Waals surface area (Å²) in [5, 5.41) is 4.66. The van der Waals surface area contributed by atoms with Crippen LogP contribution in [0.2, 0.25) is 5.02 Å². The molecule has 0 fully saturated rings. The molecule has 10 heteroatoms. The van der Waals surface area contributed by atoms with Gasteiger partial charge in [0, 0.05) is 17.1 Å². The zero-order valence-corrected chi connectivity index (χ0v) is 16.5. The molecule has 146 valence electrons. The second kappa shape index (κ2) is 8.41. The predicted octanol–water partition coefficient (Wildman–Crippen LogP) is 2.55. The smallest absolute Gasteiger partial charge is 0.328 e. The number of esters is 2. The number of carbonyl (C=O) groups is 3. The lowest BCUT2D eigenvalue weighted by Crippen LogP contribution is -2.43. The number of benzene rings is 1. The molecule has 0 bridgehead atoms. The molecule has 0 spiro atoms. The third-order valence-electron chi connectivity index (χ3n) is 3.98. The number of fused-ring (bicyclic) bond motifs is 1. The fourth-order valence-corrected chi connectivity index (χ4v) is 3.65. The van der Waals surface area contributed by atoms with Crippen molar-refractivity contribution in [3.8, 4) is 11.3 Å². The molecule has 0 aliphatic heterocycles. The molecule has 1 atom stereocenters. The van der Waals surface area contributed by atoms with Gasteiger partial charge in [-0.25, -0.2) is 9.78 Å². The minimum absolute atomic E-state index is 0.268. The Morgan fingerprint density at radius 1 is 1.25 bits per heavy atom. The molecule has 0 aliphatic rings. The number of nitrogens with zero attached hydrogens (tertiary/aromatic N) is 2. The molecule has 28 heavy (non-hydrogen) atoms. The summed E-state index contributed by atoms with van der Waals surface area (Å²) in [4.78, 5) is 41.2. The lowest BCUT2D eigenvalue weighted by molar-refractivity contribution is -0.149. The standard InChI is InChI=1S/C18H16ClN3O5S/c1-26-15(23)7-12(17(25)27-2)20-16(24)14-9-28-18-21-13(8-22(14)18)10-5-3-4-6-11(10)19/h3-6,8-9,12H,7H2,1-2H3,(H,20,24)/t12-/m1/s1. The monoisotopic (exact) mass is 421 g/mol.